The predicted octanol–water partition coefficient (Wildman–Crippen LogP) is 0.245. The number of aliphatic hydroxyl groups excluding tert-OH is 1. The Balaban J connectivity index is 2.05. The molecule has 90 valence electrons. The van der Waals surface area contributed by atoms with Crippen molar-refractivity contribution in [1.29, 1.82) is 0 Å². The number of hydrogen-bond acceptors (Lipinski definition) is 4. The summed E-state index contributed by atoms with van der Waals surface area (Å²) in [7, 11) is 0. The van der Waals surface area contributed by atoms with E-state index in [4.69, 9.17) is 15.6 Å². The van der Waals surface area contributed by atoms with Crippen LogP contribution < -0.4 is 11.1 Å². The zero-order valence-corrected chi connectivity index (χ0v) is 9.45. The Morgan fingerprint density at radius 2 is 2.27 bits per heavy atom. The molecule has 1 rings (SSSR count). The molecule has 0 radical (unpaired) electrons. The third kappa shape index (κ3) is 4.93. The van der Waals surface area contributed by atoms with E-state index in [1.54, 1.807) is 0 Å². The Morgan fingerprint density at radius 3 is 2.87 bits per heavy atom. The van der Waals surface area contributed by atoms with Crippen LogP contribution in [0.5, 0.6) is 0 Å². The van der Waals surface area contributed by atoms with Gasteiger partial charge in [0.15, 0.2) is 0 Å². The van der Waals surface area contributed by atoms with Crippen molar-refractivity contribution in [2.45, 2.75) is 44.2 Å². The summed E-state index contributed by atoms with van der Waals surface area (Å²) in [5.41, 5.74) is 5.71. The Morgan fingerprint density at radius 1 is 1.40 bits per heavy atom. The lowest BCUT2D eigenvalue weighted by molar-refractivity contribution is 0.0806. The first-order valence-electron chi connectivity index (χ1n) is 6.04. The van der Waals surface area contributed by atoms with Crippen LogP contribution in [-0.2, 0) is 4.74 Å². The number of ether oxygens (including phenoxy) is 1. The summed E-state index contributed by atoms with van der Waals surface area (Å²) in [6.07, 6.45) is 5.68. The third-order valence-electron chi connectivity index (χ3n) is 2.91. The molecule has 0 bridgehead atoms. The second kappa shape index (κ2) is 8.05. The van der Waals surface area contributed by atoms with Gasteiger partial charge in [-0.3, -0.25) is 0 Å². The topological polar surface area (TPSA) is 67.5 Å². The van der Waals surface area contributed by atoms with E-state index in [0.717, 1.165) is 45.3 Å². The SMILES string of the molecule is NCC(NCCCCCO)C1CCCO1. The van der Waals surface area contributed by atoms with E-state index in [0.29, 0.717) is 25.3 Å². The molecule has 15 heavy (non-hydrogen) atoms. The molecule has 4 nitrogen and oxygen atoms in total. The van der Waals surface area contributed by atoms with Gasteiger partial charge in [0.1, 0.15) is 0 Å². The van der Waals surface area contributed by atoms with Crippen molar-refractivity contribution < 1.29 is 9.84 Å². The molecule has 0 amide bonds. The van der Waals surface area contributed by atoms with Crippen molar-refractivity contribution >= 4 is 0 Å². The standard InChI is InChI=1S/C11H24N2O2/c12-9-10(11-5-4-8-15-11)13-6-2-1-3-7-14/h10-11,13-14H,1-9,12H2. The van der Waals surface area contributed by atoms with Crippen molar-refractivity contribution in [3.05, 3.63) is 0 Å². The monoisotopic (exact) mass is 216 g/mol. The Kier molecular flexibility index (Phi) is 6.92. The number of rotatable bonds is 8. The minimum Gasteiger partial charge on any atom is -0.396 e. The van der Waals surface area contributed by atoms with E-state index >= 15 is 0 Å². The molecule has 0 aromatic heterocycles. The van der Waals surface area contributed by atoms with Crippen LogP contribution in [0.3, 0.4) is 0 Å². The molecule has 0 aliphatic carbocycles. The quantitative estimate of drug-likeness (QED) is 0.509. The van der Waals surface area contributed by atoms with Gasteiger partial charge in [-0.1, -0.05) is 0 Å². The molecule has 1 saturated heterocycles. The normalized spacial score (nSPS) is 23.2. The van der Waals surface area contributed by atoms with Crippen LogP contribution in [0.25, 0.3) is 0 Å². The van der Waals surface area contributed by atoms with Crippen LogP contribution in [0.15, 0.2) is 0 Å². The number of nitrogens with two attached hydrogens (primary N) is 1. The highest BCUT2D eigenvalue weighted by molar-refractivity contribution is 4.81. The van der Waals surface area contributed by atoms with Crippen molar-refractivity contribution in [2.75, 3.05) is 26.3 Å². The molecule has 1 fully saturated rings. The Labute approximate surface area is 92.2 Å². The first-order chi connectivity index (χ1) is 7.38. The molecule has 0 saturated carbocycles. The molecule has 4 N–H and O–H groups in total. The summed E-state index contributed by atoms with van der Waals surface area (Å²) in [6.45, 7) is 2.80. The molecule has 0 aromatic rings. The summed E-state index contributed by atoms with van der Waals surface area (Å²) in [5.74, 6) is 0. The predicted molar refractivity (Wildman–Crippen MR) is 60.8 cm³/mol. The molecule has 2 unspecified atom stereocenters. The lowest BCUT2D eigenvalue weighted by Crippen LogP contribution is -2.45. The second-order valence-electron chi connectivity index (χ2n) is 4.13. The van der Waals surface area contributed by atoms with Crippen LogP contribution >= 0.6 is 0 Å². The first kappa shape index (κ1) is 12.9. The van der Waals surface area contributed by atoms with Crippen LogP contribution in [-0.4, -0.2) is 43.6 Å². The summed E-state index contributed by atoms with van der Waals surface area (Å²) in [5, 5.41) is 12.1. The summed E-state index contributed by atoms with van der Waals surface area (Å²) in [4.78, 5) is 0. The maximum atomic E-state index is 8.63. The highest BCUT2D eigenvalue weighted by Gasteiger charge is 2.23. The fraction of sp³-hybridized carbons (Fsp3) is 1.00. The van der Waals surface area contributed by atoms with E-state index in [1.165, 1.54) is 0 Å². The van der Waals surface area contributed by atoms with Crippen LogP contribution in [0.2, 0.25) is 0 Å². The molecule has 2 atom stereocenters. The van der Waals surface area contributed by atoms with E-state index in [1.807, 2.05) is 0 Å². The fourth-order valence-corrected chi connectivity index (χ4v) is 1.99. The van der Waals surface area contributed by atoms with Crippen molar-refractivity contribution in [1.82, 2.24) is 5.32 Å². The molecule has 1 heterocycles. The summed E-state index contributed by atoms with van der Waals surface area (Å²) >= 11 is 0. The maximum Gasteiger partial charge on any atom is 0.0741 e. The third-order valence-corrected chi connectivity index (χ3v) is 2.91. The van der Waals surface area contributed by atoms with Crippen LogP contribution in [0.4, 0.5) is 0 Å². The molecule has 0 aromatic carbocycles. The Hall–Kier alpha value is -0.160. The second-order valence-corrected chi connectivity index (χ2v) is 4.13. The minimum atomic E-state index is 0.298. The zero-order chi connectivity index (χ0) is 10.9. The minimum absolute atomic E-state index is 0.298. The van der Waals surface area contributed by atoms with Crippen molar-refractivity contribution in [3.8, 4) is 0 Å². The van der Waals surface area contributed by atoms with Gasteiger partial charge in [-0.15, -0.1) is 0 Å². The molecule has 4 heteroatoms. The number of unbranched alkanes of at least 4 members (excludes halogenated alkanes) is 2. The molecule has 0 spiro atoms. The largest absolute Gasteiger partial charge is 0.396 e. The summed E-state index contributed by atoms with van der Waals surface area (Å²) < 4.78 is 5.60. The van der Waals surface area contributed by atoms with E-state index in [9.17, 15) is 0 Å². The van der Waals surface area contributed by atoms with Gasteiger partial charge >= 0.3 is 0 Å². The van der Waals surface area contributed by atoms with Crippen molar-refractivity contribution in [2.24, 2.45) is 5.73 Å². The number of nitrogens with one attached hydrogen (secondary N) is 1. The van der Waals surface area contributed by atoms with E-state index in [2.05, 4.69) is 5.32 Å². The van der Waals surface area contributed by atoms with Gasteiger partial charge in [0.2, 0.25) is 0 Å². The van der Waals surface area contributed by atoms with Crippen molar-refractivity contribution in [3.63, 3.8) is 0 Å². The number of hydrogen-bond donors (Lipinski definition) is 3. The summed E-state index contributed by atoms with van der Waals surface area (Å²) in [6, 6.07) is 0.307. The Bertz CT molecular complexity index is 150. The highest BCUT2D eigenvalue weighted by Crippen LogP contribution is 2.15. The van der Waals surface area contributed by atoms with Gasteiger partial charge in [0.25, 0.3) is 0 Å². The molecule has 1 aliphatic heterocycles. The lowest BCUT2D eigenvalue weighted by atomic mass is 10.1. The molecule has 1 aliphatic rings. The lowest BCUT2D eigenvalue weighted by Gasteiger charge is -2.22. The van der Waals surface area contributed by atoms with E-state index in [-0.39, 0.29) is 0 Å². The van der Waals surface area contributed by atoms with Gasteiger partial charge in [-0.25, -0.2) is 0 Å². The molecular formula is C11H24N2O2. The van der Waals surface area contributed by atoms with Gasteiger partial charge < -0.3 is 20.9 Å². The zero-order valence-electron chi connectivity index (χ0n) is 9.45. The smallest absolute Gasteiger partial charge is 0.0741 e. The van der Waals surface area contributed by atoms with E-state index < -0.39 is 0 Å². The van der Waals surface area contributed by atoms with Gasteiger partial charge in [-0.2, -0.15) is 0 Å². The van der Waals surface area contributed by atoms with Gasteiger partial charge in [0.05, 0.1) is 6.10 Å². The van der Waals surface area contributed by atoms with Gasteiger partial charge in [0, 0.05) is 25.8 Å². The average molecular weight is 216 g/mol. The maximum absolute atomic E-state index is 8.63. The van der Waals surface area contributed by atoms with Crippen LogP contribution in [0, 0.1) is 0 Å². The fourth-order valence-electron chi connectivity index (χ4n) is 1.99. The first-order valence-corrected chi connectivity index (χ1v) is 6.04. The van der Waals surface area contributed by atoms with Crippen LogP contribution in [0.1, 0.15) is 32.1 Å². The average Bonchev–Trinajstić information content (AvgIpc) is 2.77. The van der Waals surface area contributed by atoms with Gasteiger partial charge in [-0.05, 0) is 38.6 Å². The highest BCUT2D eigenvalue weighted by atomic mass is 16.5. The molecular weight excluding hydrogens is 192 g/mol. The number of aliphatic hydroxyl groups is 1.